The lowest BCUT2D eigenvalue weighted by Gasteiger charge is -2.06. The summed E-state index contributed by atoms with van der Waals surface area (Å²) in [6.07, 6.45) is 2.02. The quantitative estimate of drug-likeness (QED) is 0.534. The van der Waals surface area contributed by atoms with Crippen LogP contribution in [0.4, 0.5) is 0 Å². The molecule has 0 aliphatic carbocycles. The molecule has 6 nitrogen and oxygen atoms in total. The number of benzene rings is 2. The van der Waals surface area contributed by atoms with Crippen molar-refractivity contribution in [1.82, 2.24) is 4.57 Å². The molecular weight excluding hydrogens is 440 g/mol. The number of fused-ring (bicyclic) bond motifs is 1. The minimum atomic E-state index is -3.79. The fourth-order valence-corrected chi connectivity index (χ4v) is 5.60. The molecule has 1 amide bonds. The third-order valence-corrected chi connectivity index (χ3v) is 8.02. The van der Waals surface area contributed by atoms with Gasteiger partial charge in [0.25, 0.3) is 5.91 Å². The van der Waals surface area contributed by atoms with Gasteiger partial charge in [-0.1, -0.05) is 11.3 Å². The highest BCUT2D eigenvalue weighted by Crippen LogP contribution is 2.22. The van der Waals surface area contributed by atoms with Crippen LogP contribution in [-0.2, 0) is 21.2 Å². The topological polar surface area (TPSA) is 77.7 Å². The van der Waals surface area contributed by atoms with Crippen LogP contribution in [0.3, 0.4) is 0 Å². The average Bonchev–Trinajstić information content (AvgIpc) is 3.01. The lowest BCUT2D eigenvalue weighted by molar-refractivity contribution is -0.115. The first-order valence-corrected chi connectivity index (χ1v) is 13.2. The van der Waals surface area contributed by atoms with Crippen LogP contribution in [0.5, 0.6) is 5.75 Å². The molecule has 30 heavy (non-hydrogen) atoms. The Bertz CT molecular complexity index is 1240. The molecule has 9 heteroatoms. The lowest BCUT2D eigenvalue weighted by atomic mass is 10.1. The molecule has 1 heterocycles. The second kappa shape index (κ2) is 9.36. The van der Waals surface area contributed by atoms with Crippen molar-refractivity contribution in [2.75, 3.05) is 24.9 Å². The number of carbonyl (C=O) groups excluding carboxylic acids is 1. The smallest absolute Gasteiger partial charge is 0.263 e. The maximum absolute atomic E-state index is 12.6. The first-order chi connectivity index (χ1) is 14.2. The van der Waals surface area contributed by atoms with Crippen LogP contribution in [0.25, 0.3) is 10.2 Å². The largest absolute Gasteiger partial charge is 0.497 e. The third-order valence-electron chi connectivity index (χ3n) is 4.77. The van der Waals surface area contributed by atoms with Crippen molar-refractivity contribution in [2.45, 2.75) is 25.3 Å². The van der Waals surface area contributed by atoms with Gasteiger partial charge in [-0.2, -0.15) is 16.8 Å². The van der Waals surface area contributed by atoms with E-state index in [2.05, 4.69) is 24.0 Å². The van der Waals surface area contributed by atoms with Crippen LogP contribution in [0.2, 0.25) is 0 Å². The van der Waals surface area contributed by atoms with E-state index in [1.54, 1.807) is 23.9 Å². The molecule has 0 N–H and O–H groups in total. The Labute approximate surface area is 184 Å². The first-order valence-electron chi connectivity index (χ1n) is 9.29. The number of carbonyl (C=O) groups is 1. The van der Waals surface area contributed by atoms with Gasteiger partial charge in [-0.25, -0.2) is 8.42 Å². The molecule has 0 aliphatic rings. The number of nitrogens with zero attached hydrogens (tertiary/aromatic N) is 2. The number of rotatable bonds is 7. The first kappa shape index (κ1) is 22.6. The molecule has 3 aromatic rings. The molecule has 1 aromatic heterocycles. The summed E-state index contributed by atoms with van der Waals surface area (Å²) in [5.74, 6) is 0.0673. The van der Waals surface area contributed by atoms with Gasteiger partial charge in [0.15, 0.2) is 14.6 Å². The standard InChI is InChI=1S/C21H24N2O4S3/c1-14-11-18-19(12-15(14)2)29-21(23(18)9-10-28-4)22-20(24)13-30(25,26)17-7-5-16(27-3)6-8-17/h5-8,11-12H,9-10,13H2,1-4H3. The molecule has 3 rings (SSSR count). The SMILES string of the molecule is COc1ccc(S(=O)(=O)CC(=O)N=c2sc3cc(C)c(C)cc3n2CCSC)cc1. The number of aromatic nitrogens is 1. The van der Waals surface area contributed by atoms with Crippen molar-refractivity contribution in [2.24, 2.45) is 4.99 Å². The van der Waals surface area contributed by atoms with Gasteiger partial charge in [0.05, 0.1) is 22.2 Å². The van der Waals surface area contributed by atoms with Crippen LogP contribution in [0, 0.1) is 13.8 Å². The number of hydrogen-bond acceptors (Lipinski definition) is 6. The third kappa shape index (κ3) is 4.96. The molecule has 0 saturated heterocycles. The molecule has 0 aliphatic heterocycles. The summed E-state index contributed by atoms with van der Waals surface area (Å²) < 4.78 is 33.3. The van der Waals surface area contributed by atoms with Crippen molar-refractivity contribution in [3.63, 3.8) is 0 Å². The Morgan fingerprint density at radius 3 is 2.47 bits per heavy atom. The molecule has 160 valence electrons. The number of amides is 1. The van der Waals surface area contributed by atoms with E-state index in [1.165, 1.54) is 36.1 Å². The Kier molecular flexibility index (Phi) is 7.05. The predicted molar refractivity (Wildman–Crippen MR) is 123 cm³/mol. The van der Waals surface area contributed by atoms with Crippen molar-refractivity contribution in [3.8, 4) is 5.75 Å². The molecule has 2 aromatic carbocycles. The van der Waals surface area contributed by atoms with Crippen LogP contribution in [0.15, 0.2) is 46.3 Å². The maximum atomic E-state index is 12.6. The Hall–Kier alpha value is -2.10. The van der Waals surface area contributed by atoms with Gasteiger partial charge >= 0.3 is 0 Å². The van der Waals surface area contributed by atoms with E-state index in [0.717, 1.165) is 21.5 Å². The minimum absolute atomic E-state index is 0.0738. The molecule has 0 unspecified atom stereocenters. The zero-order valence-electron chi connectivity index (χ0n) is 17.3. The molecule has 0 bridgehead atoms. The van der Waals surface area contributed by atoms with Crippen molar-refractivity contribution in [3.05, 3.63) is 52.3 Å². The number of thiazole rings is 1. The number of hydrogen-bond donors (Lipinski definition) is 0. The van der Waals surface area contributed by atoms with Gasteiger partial charge in [-0.3, -0.25) is 4.79 Å². The van der Waals surface area contributed by atoms with Crippen LogP contribution < -0.4 is 9.54 Å². The van der Waals surface area contributed by atoms with E-state index in [1.807, 2.05) is 17.7 Å². The van der Waals surface area contributed by atoms with Gasteiger partial charge in [0.2, 0.25) is 0 Å². The number of thioether (sulfide) groups is 1. The summed E-state index contributed by atoms with van der Waals surface area (Å²) in [6.45, 7) is 4.79. The summed E-state index contributed by atoms with van der Waals surface area (Å²) in [6, 6.07) is 10.2. The van der Waals surface area contributed by atoms with E-state index in [0.29, 0.717) is 17.1 Å². The molecule has 0 atom stereocenters. The fraction of sp³-hybridized carbons (Fsp3) is 0.333. The minimum Gasteiger partial charge on any atom is -0.497 e. The second-order valence-corrected chi connectivity index (χ2v) is 10.9. The number of methoxy groups -OCH3 is 1. The van der Waals surface area contributed by atoms with Gasteiger partial charge in [0.1, 0.15) is 11.5 Å². The number of sulfone groups is 1. The molecule has 0 radical (unpaired) electrons. The second-order valence-electron chi connectivity index (χ2n) is 6.87. The average molecular weight is 465 g/mol. The summed E-state index contributed by atoms with van der Waals surface area (Å²) in [4.78, 5) is 17.4. The van der Waals surface area contributed by atoms with Crippen molar-refractivity contribution >= 4 is 49.1 Å². The molecular formula is C21H24N2O4S3. The summed E-state index contributed by atoms with van der Waals surface area (Å²) in [5, 5.41) is 0. The Balaban J connectivity index is 1.97. The normalized spacial score (nSPS) is 12.5. The zero-order valence-corrected chi connectivity index (χ0v) is 19.8. The highest BCUT2D eigenvalue weighted by atomic mass is 32.2. The number of aryl methyl sites for hydroxylation is 3. The van der Waals surface area contributed by atoms with E-state index >= 15 is 0 Å². The molecule has 0 spiro atoms. The van der Waals surface area contributed by atoms with Gasteiger partial charge in [-0.15, -0.1) is 0 Å². The monoisotopic (exact) mass is 464 g/mol. The number of ether oxygens (including phenoxy) is 1. The van der Waals surface area contributed by atoms with Crippen LogP contribution >= 0.6 is 23.1 Å². The van der Waals surface area contributed by atoms with Crippen molar-refractivity contribution < 1.29 is 17.9 Å². The predicted octanol–water partition coefficient (Wildman–Crippen LogP) is 3.59. The summed E-state index contributed by atoms with van der Waals surface area (Å²) in [7, 11) is -2.28. The lowest BCUT2D eigenvalue weighted by Crippen LogP contribution is -2.21. The van der Waals surface area contributed by atoms with Crippen LogP contribution in [0.1, 0.15) is 11.1 Å². The van der Waals surface area contributed by atoms with Crippen LogP contribution in [-0.4, -0.2) is 43.8 Å². The molecule has 0 fully saturated rings. The van der Waals surface area contributed by atoms with E-state index in [4.69, 9.17) is 4.74 Å². The Morgan fingerprint density at radius 1 is 1.17 bits per heavy atom. The van der Waals surface area contributed by atoms with E-state index < -0.39 is 21.5 Å². The molecule has 0 saturated carbocycles. The van der Waals surface area contributed by atoms with E-state index in [-0.39, 0.29) is 4.90 Å². The van der Waals surface area contributed by atoms with E-state index in [9.17, 15) is 13.2 Å². The van der Waals surface area contributed by atoms with Gasteiger partial charge < -0.3 is 9.30 Å². The zero-order chi connectivity index (χ0) is 21.9. The van der Waals surface area contributed by atoms with Crippen molar-refractivity contribution in [1.29, 1.82) is 0 Å². The summed E-state index contributed by atoms with van der Waals surface area (Å²) >= 11 is 3.11. The Morgan fingerprint density at radius 2 is 1.83 bits per heavy atom. The summed E-state index contributed by atoms with van der Waals surface area (Å²) in [5.41, 5.74) is 3.35. The highest BCUT2D eigenvalue weighted by Gasteiger charge is 2.20. The fourth-order valence-electron chi connectivity index (χ4n) is 2.97. The van der Waals surface area contributed by atoms with Gasteiger partial charge in [-0.05, 0) is 67.6 Å². The maximum Gasteiger partial charge on any atom is 0.263 e. The highest BCUT2D eigenvalue weighted by molar-refractivity contribution is 7.98. The van der Waals surface area contributed by atoms with Gasteiger partial charge in [0, 0.05) is 12.3 Å².